The van der Waals surface area contributed by atoms with Crippen molar-refractivity contribution in [3.63, 3.8) is 0 Å². The summed E-state index contributed by atoms with van der Waals surface area (Å²) < 4.78 is 0. The van der Waals surface area contributed by atoms with Crippen molar-refractivity contribution >= 4 is 34.8 Å². The largest absolute Gasteiger partial charge is 0.317 e. The zero-order valence-electron chi connectivity index (χ0n) is 12.4. The fourth-order valence-electron chi connectivity index (χ4n) is 2.86. The molecule has 0 atom stereocenters. The van der Waals surface area contributed by atoms with Crippen molar-refractivity contribution in [2.45, 2.75) is 32.7 Å². The molecule has 2 aliphatic rings. The molecule has 2 N–H and O–H groups in total. The average molecular weight is 331 g/mol. The van der Waals surface area contributed by atoms with Crippen molar-refractivity contribution in [3.05, 3.63) is 10.6 Å². The maximum atomic E-state index is 12.2. The second-order valence-electron chi connectivity index (χ2n) is 5.52. The molecule has 1 saturated heterocycles. The number of thiazole rings is 1. The molecule has 118 valence electrons. The lowest BCUT2D eigenvalue weighted by molar-refractivity contribution is -0.120. The Labute approximate surface area is 135 Å². The molecule has 1 aromatic rings. The molecule has 3 rings (SSSR count). The summed E-state index contributed by atoms with van der Waals surface area (Å²) in [5, 5.41) is 7.10. The number of rotatable bonds is 3. The number of halogens is 1. The van der Waals surface area contributed by atoms with Gasteiger partial charge in [-0.2, -0.15) is 0 Å². The van der Waals surface area contributed by atoms with E-state index in [1.54, 1.807) is 11.3 Å². The number of hydrogen-bond acceptors (Lipinski definition) is 5. The van der Waals surface area contributed by atoms with Crippen molar-refractivity contribution < 1.29 is 4.79 Å². The first-order valence-electron chi connectivity index (χ1n) is 7.48. The highest BCUT2D eigenvalue weighted by molar-refractivity contribution is 7.15. The average Bonchev–Trinajstić information content (AvgIpc) is 2.89. The molecule has 7 heteroatoms. The predicted molar refractivity (Wildman–Crippen MR) is 88.2 cm³/mol. The number of nitrogens with zero attached hydrogens (tertiary/aromatic N) is 2. The summed E-state index contributed by atoms with van der Waals surface area (Å²) in [5.74, 6) is 0.286. The number of carbonyl (C=O) groups is 1. The van der Waals surface area contributed by atoms with E-state index in [0.717, 1.165) is 57.1 Å². The second-order valence-corrected chi connectivity index (χ2v) is 6.60. The zero-order valence-corrected chi connectivity index (χ0v) is 14.0. The van der Waals surface area contributed by atoms with Crippen LogP contribution in [0.4, 0.5) is 5.13 Å². The number of nitrogens with one attached hydrogen (secondary N) is 2. The topological polar surface area (TPSA) is 57.3 Å². The van der Waals surface area contributed by atoms with Gasteiger partial charge in [-0.3, -0.25) is 9.69 Å². The van der Waals surface area contributed by atoms with Gasteiger partial charge in [0.1, 0.15) is 0 Å². The fraction of sp³-hybridized carbons (Fsp3) is 0.714. The van der Waals surface area contributed by atoms with Gasteiger partial charge in [0.05, 0.1) is 5.69 Å². The van der Waals surface area contributed by atoms with Gasteiger partial charge in [0.25, 0.3) is 0 Å². The third-order valence-corrected chi connectivity index (χ3v) is 5.20. The molecule has 0 aromatic carbocycles. The SMILES string of the molecule is CCN1CCc2nc(NC(=O)C3CCNCC3)sc2C1.Cl. The molecular weight excluding hydrogens is 308 g/mol. The molecule has 1 fully saturated rings. The molecule has 0 spiro atoms. The van der Waals surface area contributed by atoms with Crippen molar-refractivity contribution in [2.24, 2.45) is 5.92 Å². The van der Waals surface area contributed by atoms with E-state index in [9.17, 15) is 4.79 Å². The van der Waals surface area contributed by atoms with Gasteiger partial charge in [-0.1, -0.05) is 6.92 Å². The van der Waals surface area contributed by atoms with Gasteiger partial charge < -0.3 is 10.6 Å². The molecule has 0 saturated carbocycles. The van der Waals surface area contributed by atoms with Crippen LogP contribution in [0.25, 0.3) is 0 Å². The van der Waals surface area contributed by atoms with E-state index in [-0.39, 0.29) is 24.2 Å². The van der Waals surface area contributed by atoms with Crippen LogP contribution in [-0.4, -0.2) is 42.0 Å². The number of likely N-dealkylation sites (N-methyl/N-ethyl adjacent to an activating group) is 1. The van der Waals surface area contributed by atoms with Crippen LogP contribution < -0.4 is 10.6 Å². The number of carbonyl (C=O) groups excluding carboxylic acids is 1. The molecule has 2 aliphatic heterocycles. The van der Waals surface area contributed by atoms with E-state index in [0.29, 0.717) is 0 Å². The summed E-state index contributed by atoms with van der Waals surface area (Å²) in [4.78, 5) is 20.6. The van der Waals surface area contributed by atoms with Crippen LogP contribution >= 0.6 is 23.7 Å². The van der Waals surface area contributed by atoms with Gasteiger partial charge >= 0.3 is 0 Å². The summed E-state index contributed by atoms with van der Waals surface area (Å²) in [6, 6.07) is 0. The fourth-order valence-corrected chi connectivity index (χ4v) is 3.92. The van der Waals surface area contributed by atoms with Crippen LogP contribution in [0.3, 0.4) is 0 Å². The molecule has 0 unspecified atom stereocenters. The van der Waals surface area contributed by atoms with Crippen LogP contribution in [0.1, 0.15) is 30.3 Å². The van der Waals surface area contributed by atoms with Crippen molar-refractivity contribution in [1.82, 2.24) is 15.2 Å². The molecule has 0 radical (unpaired) electrons. The van der Waals surface area contributed by atoms with Crippen molar-refractivity contribution in [3.8, 4) is 0 Å². The maximum Gasteiger partial charge on any atom is 0.229 e. The number of hydrogen-bond donors (Lipinski definition) is 2. The summed E-state index contributed by atoms with van der Waals surface area (Å²) in [6.07, 6.45) is 2.87. The van der Waals surface area contributed by atoms with E-state index >= 15 is 0 Å². The predicted octanol–water partition coefficient (Wildman–Crippen LogP) is 1.88. The zero-order chi connectivity index (χ0) is 13.9. The minimum atomic E-state index is 0. The van der Waals surface area contributed by atoms with Gasteiger partial charge in [0.2, 0.25) is 5.91 Å². The summed E-state index contributed by atoms with van der Waals surface area (Å²) in [7, 11) is 0. The Kier molecular flexibility index (Phi) is 5.98. The van der Waals surface area contributed by atoms with Crippen molar-refractivity contribution in [2.75, 3.05) is 31.5 Å². The second kappa shape index (κ2) is 7.54. The maximum absolute atomic E-state index is 12.2. The summed E-state index contributed by atoms with van der Waals surface area (Å²) >= 11 is 1.65. The Morgan fingerprint density at radius 1 is 1.48 bits per heavy atom. The normalized spacial score (nSPS) is 19.7. The minimum absolute atomic E-state index is 0. The van der Waals surface area contributed by atoms with E-state index in [1.165, 1.54) is 10.6 Å². The van der Waals surface area contributed by atoms with Crippen molar-refractivity contribution in [1.29, 1.82) is 0 Å². The summed E-state index contributed by atoms with van der Waals surface area (Å²) in [6.45, 7) is 7.21. The third kappa shape index (κ3) is 3.94. The van der Waals surface area contributed by atoms with Gasteiger partial charge in [-0.05, 0) is 32.5 Å². The molecule has 21 heavy (non-hydrogen) atoms. The summed E-state index contributed by atoms with van der Waals surface area (Å²) in [5.41, 5.74) is 1.18. The highest BCUT2D eigenvalue weighted by atomic mass is 35.5. The van der Waals surface area contributed by atoms with Gasteiger partial charge in [0, 0.05) is 30.3 Å². The first kappa shape index (κ1) is 16.7. The number of piperidine rings is 1. The molecule has 1 aromatic heterocycles. The monoisotopic (exact) mass is 330 g/mol. The lowest BCUT2D eigenvalue weighted by atomic mass is 9.97. The molecule has 0 bridgehead atoms. The Hall–Kier alpha value is -0.690. The smallest absolute Gasteiger partial charge is 0.229 e. The molecule has 1 amide bonds. The number of aromatic nitrogens is 1. The van der Waals surface area contributed by atoms with E-state index in [4.69, 9.17) is 0 Å². The van der Waals surface area contributed by atoms with Crippen LogP contribution in [-0.2, 0) is 17.8 Å². The molecule has 5 nitrogen and oxygen atoms in total. The van der Waals surface area contributed by atoms with Gasteiger partial charge in [0.15, 0.2) is 5.13 Å². The Bertz CT molecular complexity index is 487. The van der Waals surface area contributed by atoms with E-state index < -0.39 is 0 Å². The Balaban J connectivity index is 0.00000161. The quantitative estimate of drug-likeness (QED) is 0.888. The molecular formula is C14H23ClN4OS. The van der Waals surface area contributed by atoms with Gasteiger partial charge in [-0.25, -0.2) is 4.98 Å². The van der Waals surface area contributed by atoms with E-state index in [2.05, 4.69) is 27.4 Å². The van der Waals surface area contributed by atoms with Crippen LogP contribution in [0.5, 0.6) is 0 Å². The van der Waals surface area contributed by atoms with Crippen LogP contribution in [0, 0.1) is 5.92 Å². The Morgan fingerprint density at radius 3 is 2.95 bits per heavy atom. The lowest BCUT2D eigenvalue weighted by Crippen LogP contribution is -2.34. The number of amides is 1. The van der Waals surface area contributed by atoms with Gasteiger partial charge in [-0.15, -0.1) is 23.7 Å². The highest BCUT2D eigenvalue weighted by Crippen LogP contribution is 2.28. The third-order valence-electron chi connectivity index (χ3n) is 4.20. The standard InChI is InChI=1S/C14H22N4OS.ClH/c1-2-18-8-5-11-12(9-18)20-14(16-11)17-13(19)10-3-6-15-7-4-10;/h10,15H,2-9H2,1H3,(H,16,17,19);1H. The number of fused-ring (bicyclic) bond motifs is 1. The first-order chi connectivity index (χ1) is 9.76. The minimum Gasteiger partial charge on any atom is -0.317 e. The van der Waals surface area contributed by atoms with Crippen LogP contribution in [0.2, 0.25) is 0 Å². The molecule has 3 heterocycles. The number of anilines is 1. The lowest BCUT2D eigenvalue weighted by Gasteiger charge is -2.23. The first-order valence-corrected chi connectivity index (χ1v) is 8.30. The van der Waals surface area contributed by atoms with E-state index in [1.807, 2.05) is 0 Å². The molecule has 0 aliphatic carbocycles. The Morgan fingerprint density at radius 2 is 2.24 bits per heavy atom. The van der Waals surface area contributed by atoms with Crippen LogP contribution in [0.15, 0.2) is 0 Å². The highest BCUT2D eigenvalue weighted by Gasteiger charge is 2.24.